The predicted molar refractivity (Wildman–Crippen MR) is 125 cm³/mol. The van der Waals surface area contributed by atoms with Gasteiger partial charge in [0.05, 0.1) is 12.2 Å². The van der Waals surface area contributed by atoms with Crippen molar-refractivity contribution in [3.8, 4) is 27.6 Å². The summed E-state index contributed by atoms with van der Waals surface area (Å²) in [5.74, 6) is 0.637. The Kier molecular flexibility index (Phi) is 5.74. The molecule has 0 amide bonds. The summed E-state index contributed by atoms with van der Waals surface area (Å²) in [6.45, 7) is 7.95. The second kappa shape index (κ2) is 8.47. The van der Waals surface area contributed by atoms with Crippen molar-refractivity contribution >= 4 is 27.5 Å². The maximum Gasteiger partial charge on any atom is 0.352 e. The third kappa shape index (κ3) is 4.44. The molecule has 0 bridgehead atoms. The van der Waals surface area contributed by atoms with E-state index in [0.29, 0.717) is 0 Å². The number of benzene rings is 2. The number of carbonyl (C=O) groups is 1. The Balaban J connectivity index is 1.73. The van der Waals surface area contributed by atoms with Gasteiger partial charge in [-0.05, 0) is 93.9 Å². The fraction of sp³-hybridized carbons (Fsp3) is 0.240. The number of fused-ring (bicyclic) bond motifs is 1. The molecule has 160 valence electrons. The highest BCUT2D eigenvalue weighted by atomic mass is 32.1. The van der Waals surface area contributed by atoms with Gasteiger partial charge < -0.3 is 14.6 Å². The summed E-state index contributed by atoms with van der Waals surface area (Å²) in [4.78, 5) is 13.9. The lowest BCUT2D eigenvalue weighted by Gasteiger charge is -2.12. The number of ether oxygens (including phenoxy) is 2. The van der Waals surface area contributed by atoms with Crippen LogP contribution in [-0.4, -0.2) is 27.9 Å². The van der Waals surface area contributed by atoms with Crippen LogP contribution in [0.1, 0.15) is 38.2 Å². The van der Waals surface area contributed by atoms with Crippen LogP contribution in [0.25, 0.3) is 26.3 Å². The molecule has 4 aromatic rings. The normalized spacial score (nSPS) is 11.4. The highest BCUT2D eigenvalue weighted by Crippen LogP contribution is 2.38. The molecule has 4 rings (SSSR count). The topological polar surface area (TPSA) is 60.7 Å². The quantitative estimate of drug-likeness (QED) is 0.354. The fourth-order valence-corrected chi connectivity index (χ4v) is 4.65. The van der Waals surface area contributed by atoms with Gasteiger partial charge >= 0.3 is 5.97 Å². The number of carboxylic acids is 1. The van der Waals surface area contributed by atoms with Gasteiger partial charge in [0.25, 0.3) is 0 Å². The lowest BCUT2D eigenvalue weighted by molar-refractivity contribution is 0.0688. The molecule has 0 aliphatic carbocycles. The van der Waals surface area contributed by atoms with Crippen LogP contribution < -0.4 is 9.47 Å². The summed E-state index contributed by atoms with van der Waals surface area (Å²) in [6, 6.07) is 19.3. The van der Waals surface area contributed by atoms with Crippen molar-refractivity contribution in [1.29, 1.82) is 0 Å². The Morgan fingerprint density at radius 3 is 1.94 bits per heavy atom. The van der Waals surface area contributed by atoms with Gasteiger partial charge in [-0.15, -0.1) is 11.3 Å². The molecular formula is C25H25NO4S. The molecule has 0 unspecified atom stereocenters. The van der Waals surface area contributed by atoms with E-state index in [0.717, 1.165) is 37.8 Å². The average Bonchev–Trinajstić information content (AvgIpc) is 3.26. The minimum atomic E-state index is -0.956. The molecule has 1 N–H and O–H groups in total. The molecule has 2 aromatic carbocycles. The zero-order valence-corrected chi connectivity index (χ0v) is 18.8. The Morgan fingerprint density at radius 1 is 0.871 bits per heavy atom. The first-order chi connectivity index (χ1) is 14.8. The number of nitrogens with zero attached hydrogens (tertiary/aromatic N) is 1. The van der Waals surface area contributed by atoms with Gasteiger partial charge in [-0.1, -0.05) is 0 Å². The van der Waals surface area contributed by atoms with Crippen molar-refractivity contribution in [2.45, 2.75) is 39.9 Å². The number of rotatable bonds is 7. The van der Waals surface area contributed by atoms with E-state index in [1.165, 1.54) is 0 Å². The first kappa shape index (κ1) is 21.0. The highest BCUT2D eigenvalue weighted by Gasteiger charge is 2.19. The van der Waals surface area contributed by atoms with Crippen LogP contribution in [0.2, 0.25) is 0 Å². The standard InChI is InChI=1S/C25H25NO4S/c1-15(2)29-20-9-5-17(6-10-20)23-14-18-13-22(25(27)28)26(24(18)31-23)19-7-11-21(12-8-19)30-16(3)4/h5-16H,1-4H3,(H,27,28). The van der Waals surface area contributed by atoms with Crippen molar-refractivity contribution in [2.75, 3.05) is 0 Å². The molecule has 0 aliphatic rings. The van der Waals surface area contributed by atoms with Crippen LogP contribution in [-0.2, 0) is 0 Å². The first-order valence-electron chi connectivity index (χ1n) is 10.2. The largest absolute Gasteiger partial charge is 0.491 e. The minimum Gasteiger partial charge on any atom is -0.491 e. The molecule has 5 nitrogen and oxygen atoms in total. The SMILES string of the molecule is CC(C)Oc1ccc(-c2cc3cc(C(=O)O)n(-c4ccc(OC(C)C)cc4)c3s2)cc1. The molecule has 2 heterocycles. The number of thiophene rings is 1. The van der Waals surface area contributed by atoms with Gasteiger partial charge in [0.2, 0.25) is 0 Å². The molecule has 0 aliphatic heterocycles. The van der Waals surface area contributed by atoms with Crippen molar-refractivity contribution in [2.24, 2.45) is 0 Å². The smallest absolute Gasteiger partial charge is 0.352 e. The van der Waals surface area contributed by atoms with Crippen molar-refractivity contribution in [3.05, 3.63) is 66.4 Å². The van der Waals surface area contributed by atoms with Crippen LogP contribution in [0.15, 0.2) is 60.7 Å². The number of aromatic nitrogens is 1. The highest BCUT2D eigenvalue weighted by molar-refractivity contribution is 7.22. The number of hydrogen-bond acceptors (Lipinski definition) is 4. The third-order valence-electron chi connectivity index (χ3n) is 4.67. The van der Waals surface area contributed by atoms with Gasteiger partial charge in [0, 0.05) is 16.0 Å². The van der Waals surface area contributed by atoms with E-state index in [2.05, 4.69) is 0 Å². The monoisotopic (exact) mass is 435 g/mol. The van der Waals surface area contributed by atoms with Crippen LogP contribution >= 0.6 is 11.3 Å². The van der Waals surface area contributed by atoms with Crippen molar-refractivity contribution < 1.29 is 19.4 Å². The van der Waals surface area contributed by atoms with Gasteiger partial charge in [-0.3, -0.25) is 4.57 Å². The van der Waals surface area contributed by atoms with E-state index < -0.39 is 5.97 Å². The van der Waals surface area contributed by atoms with Crippen LogP contribution in [0, 0.1) is 0 Å². The van der Waals surface area contributed by atoms with Crippen LogP contribution in [0.5, 0.6) is 11.5 Å². The van der Waals surface area contributed by atoms with Crippen molar-refractivity contribution in [3.63, 3.8) is 0 Å². The summed E-state index contributed by atoms with van der Waals surface area (Å²) in [5, 5.41) is 10.7. The maximum atomic E-state index is 11.9. The molecule has 0 saturated carbocycles. The fourth-order valence-electron chi connectivity index (χ4n) is 3.47. The zero-order valence-electron chi connectivity index (χ0n) is 18.0. The molecule has 31 heavy (non-hydrogen) atoms. The van der Waals surface area contributed by atoms with Gasteiger partial charge in [0.15, 0.2) is 0 Å². The average molecular weight is 436 g/mol. The van der Waals surface area contributed by atoms with E-state index >= 15 is 0 Å². The van der Waals surface area contributed by atoms with E-state index in [1.54, 1.807) is 22.0 Å². The molecule has 6 heteroatoms. The summed E-state index contributed by atoms with van der Waals surface area (Å²) in [5.41, 5.74) is 2.10. The van der Waals surface area contributed by atoms with E-state index in [9.17, 15) is 9.90 Å². The van der Waals surface area contributed by atoms with Crippen LogP contribution in [0.3, 0.4) is 0 Å². The third-order valence-corrected chi connectivity index (χ3v) is 5.86. The molecule has 0 saturated heterocycles. The van der Waals surface area contributed by atoms with Gasteiger partial charge in [-0.2, -0.15) is 0 Å². The van der Waals surface area contributed by atoms with Crippen molar-refractivity contribution in [1.82, 2.24) is 4.57 Å². The minimum absolute atomic E-state index is 0.0795. The van der Waals surface area contributed by atoms with Crippen LogP contribution in [0.4, 0.5) is 0 Å². The molecule has 2 aromatic heterocycles. The molecular weight excluding hydrogens is 410 g/mol. The summed E-state index contributed by atoms with van der Waals surface area (Å²) < 4.78 is 13.2. The molecule has 0 atom stereocenters. The van der Waals surface area contributed by atoms with Gasteiger partial charge in [0.1, 0.15) is 22.0 Å². The Morgan fingerprint density at radius 2 is 1.42 bits per heavy atom. The molecule has 0 radical (unpaired) electrons. The lowest BCUT2D eigenvalue weighted by Crippen LogP contribution is -2.07. The Hall–Kier alpha value is -3.25. The maximum absolute atomic E-state index is 11.9. The molecule has 0 fully saturated rings. The summed E-state index contributed by atoms with van der Waals surface area (Å²) >= 11 is 1.57. The zero-order chi connectivity index (χ0) is 22.1. The number of carboxylic acid groups (broad SMARTS) is 1. The second-order valence-corrected chi connectivity index (χ2v) is 8.92. The number of aromatic carboxylic acids is 1. The molecule has 0 spiro atoms. The Labute approximate surface area is 185 Å². The van der Waals surface area contributed by atoms with E-state index in [1.807, 2.05) is 82.3 Å². The summed E-state index contributed by atoms with van der Waals surface area (Å²) in [7, 11) is 0. The predicted octanol–water partition coefficient (Wildman–Crippen LogP) is 6.63. The lowest BCUT2D eigenvalue weighted by atomic mass is 10.1. The summed E-state index contributed by atoms with van der Waals surface area (Å²) in [6.07, 6.45) is 0.206. The first-order valence-corrected chi connectivity index (χ1v) is 11.1. The Bertz CT molecular complexity index is 1200. The number of hydrogen-bond donors (Lipinski definition) is 1. The van der Waals surface area contributed by atoms with E-state index in [4.69, 9.17) is 9.47 Å². The van der Waals surface area contributed by atoms with E-state index in [-0.39, 0.29) is 17.9 Å². The van der Waals surface area contributed by atoms with Gasteiger partial charge in [-0.25, -0.2) is 4.79 Å². The second-order valence-electron chi connectivity index (χ2n) is 7.89.